The van der Waals surface area contributed by atoms with E-state index in [0.29, 0.717) is 5.56 Å². The van der Waals surface area contributed by atoms with Gasteiger partial charge in [0.15, 0.2) is 6.61 Å². The van der Waals surface area contributed by atoms with Crippen LogP contribution in [-0.2, 0) is 14.3 Å². The van der Waals surface area contributed by atoms with Crippen molar-refractivity contribution < 1.29 is 19.1 Å². The van der Waals surface area contributed by atoms with Gasteiger partial charge in [0.2, 0.25) is 5.91 Å². The van der Waals surface area contributed by atoms with Crippen molar-refractivity contribution >= 4 is 29.5 Å². The van der Waals surface area contributed by atoms with Gasteiger partial charge in [0.25, 0.3) is 5.91 Å². The number of esters is 1. The molecular weight excluding hydrogens is 316 g/mol. The molecule has 0 fully saturated rings. The molecular formula is C16H22N2O4S. The Morgan fingerprint density at radius 1 is 1.17 bits per heavy atom. The molecule has 0 heterocycles. The van der Waals surface area contributed by atoms with Gasteiger partial charge >= 0.3 is 5.97 Å². The Hall–Kier alpha value is -2.02. The number of hydrogen-bond acceptors (Lipinski definition) is 5. The fourth-order valence-corrected chi connectivity index (χ4v) is 2.52. The number of hydrogen-bond donors (Lipinski definition) is 2. The summed E-state index contributed by atoms with van der Waals surface area (Å²) in [7, 11) is 0. The summed E-state index contributed by atoms with van der Waals surface area (Å²) < 4.78 is 4.99. The van der Waals surface area contributed by atoms with Crippen LogP contribution in [0.25, 0.3) is 0 Å². The van der Waals surface area contributed by atoms with Gasteiger partial charge in [-0.3, -0.25) is 9.59 Å². The van der Waals surface area contributed by atoms with E-state index in [-0.39, 0.29) is 18.5 Å². The third-order valence-electron chi connectivity index (χ3n) is 2.64. The van der Waals surface area contributed by atoms with E-state index in [0.717, 1.165) is 10.6 Å². The number of benzene rings is 1. The van der Waals surface area contributed by atoms with Crippen LogP contribution in [0.4, 0.5) is 0 Å². The minimum atomic E-state index is -0.552. The minimum absolute atomic E-state index is 0.00444. The van der Waals surface area contributed by atoms with Crippen molar-refractivity contribution in [2.45, 2.75) is 31.7 Å². The van der Waals surface area contributed by atoms with Crippen molar-refractivity contribution in [3.05, 3.63) is 29.8 Å². The number of thioether (sulfide) groups is 1. The first kappa shape index (κ1) is 19.0. The molecule has 0 unspecified atom stereocenters. The smallest absolute Gasteiger partial charge is 0.339 e. The van der Waals surface area contributed by atoms with Gasteiger partial charge < -0.3 is 15.4 Å². The van der Waals surface area contributed by atoms with E-state index in [1.807, 2.05) is 32.9 Å². The second-order valence-corrected chi connectivity index (χ2v) is 6.31. The molecule has 0 spiro atoms. The summed E-state index contributed by atoms with van der Waals surface area (Å²) >= 11 is 1.53. The molecule has 0 aromatic heterocycles. The molecule has 7 heteroatoms. The lowest BCUT2D eigenvalue weighted by Crippen LogP contribution is -2.41. The van der Waals surface area contributed by atoms with Crippen molar-refractivity contribution in [3.8, 4) is 0 Å². The van der Waals surface area contributed by atoms with Crippen molar-refractivity contribution in [1.29, 1.82) is 0 Å². The Morgan fingerprint density at radius 2 is 1.87 bits per heavy atom. The summed E-state index contributed by atoms with van der Waals surface area (Å²) in [4.78, 5) is 35.9. The van der Waals surface area contributed by atoms with E-state index in [1.165, 1.54) is 11.8 Å². The van der Waals surface area contributed by atoms with Crippen LogP contribution in [-0.4, -0.2) is 42.7 Å². The molecule has 1 aromatic rings. The van der Waals surface area contributed by atoms with E-state index in [9.17, 15) is 14.4 Å². The topological polar surface area (TPSA) is 84.5 Å². The van der Waals surface area contributed by atoms with Gasteiger partial charge in [0.1, 0.15) is 0 Å². The average molecular weight is 338 g/mol. The Morgan fingerprint density at radius 3 is 2.52 bits per heavy atom. The largest absolute Gasteiger partial charge is 0.452 e. The summed E-state index contributed by atoms with van der Waals surface area (Å²) in [5.41, 5.74) is 0.435. The first-order valence-corrected chi connectivity index (χ1v) is 8.37. The summed E-state index contributed by atoms with van der Waals surface area (Å²) in [5, 5.41) is 5.05. The molecule has 2 amide bonds. The number of amides is 2. The zero-order chi connectivity index (χ0) is 17.2. The molecule has 0 aliphatic carbocycles. The molecule has 0 radical (unpaired) electrons. The van der Waals surface area contributed by atoms with Crippen LogP contribution in [0.5, 0.6) is 0 Å². The van der Waals surface area contributed by atoms with Crippen molar-refractivity contribution in [2.24, 2.45) is 0 Å². The first-order chi connectivity index (χ1) is 10.9. The number of ether oxygens (including phenoxy) is 1. The summed E-state index contributed by atoms with van der Waals surface area (Å²) in [5.74, 6) is -0.527. The maximum atomic E-state index is 12.0. The Labute approximate surface area is 140 Å². The number of nitrogens with one attached hydrogen (secondary N) is 2. The maximum absolute atomic E-state index is 12.0. The summed E-state index contributed by atoms with van der Waals surface area (Å²) in [6.07, 6.45) is 0. The highest BCUT2D eigenvalue weighted by Gasteiger charge is 2.14. The van der Waals surface area contributed by atoms with E-state index >= 15 is 0 Å². The number of carbonyl (C=O) groups is 3. The molecule has 0 atom stereocenters. The molecule has 0 aliphatic heterocycles. The molecule has 0 bridgehead atoms. The highest BCUT2D eigenvalue weighted by molar-refractivity contribution is 7.99. The monoisotopic (exact) mass is 338 g/mol. The highest BCUT2D eigenvalue weighted by Crippen LogP contribution is 2.22. The number of rotatable bonds is 8. The highest BCUT2D eigenvalue weighted by atomic mass is 32.2. The van der Waals surface area contributed by atoms with Gasteiger partial charge in [0, 0.05) is 10.9 Å². The second-order valence-electron chi connectivity index (χ2n) is 5.00. The Balaban J connectivity index is 2.44. The van der Waals surface area contributed by atoms with Crippen LogP contribution in [0.2, 0.25) is 0 Å². The third-order valence-corrected chi connectivity index (χ3v) is 3.59. The van der Waals surface area contributed by atoms with E-state index in [4.69, 9.17) is 4.74 Å². The van der Waals surface area contributed by atoms with Crippen LogP contribution in [0, 0.1) is 0 Å². The van der Waals surface area contributed by atoms with Gasteiger partial charge in [-0.15, -0.1) is 11.8 Å². The van der Waals surface area contributed by atoms with Crippen molar-refractivity contribution in [1.82, 2.24) is 10.6 Å². The molecule has 1 aromatic carbocycles. The number of carbonyl (C=O) groups excluding carboxylic acids is 3. The van der Waals surface area contributed by atoms with Gasteiger partial charge in [-0.2, -0.15) is 0 Å². The van der Waals surface area contributed by atoms with Crippen LogP contribution >= 0.6 is 11.8 Å². The van der Waals surface area contributed by atoms with Gasteiger partial charge in [-0.05, 0) is 31.7 Å². The van der Waals surface area contributed by atoms with E-state index in [1.54, 1.807) is 12.1 Å². The molecule has 1 rings (SSSR count). The van der Waals surface area contributed by atoms with Crippen LogP contribution in [0.3, 0.4) is 0 Å². The fourth-order valence-electron chi connectivity index (χ4n) is 1.73. The lowest BCUT2D eigenvalue weighted by Gasteiger charge is -2.10. The first-order valence-electron chi connectivity index (χ1n) is 7.39. The van der Waals surface area contributed by atoms with Crippen LogP contribution in [0.1, 0.15) is 31.1 Å². The average Bonchev–Trinajstić information content (AvgIpc) is 2.51. The SMILES string of the molecule is CCSc1ccccc1C(=O)OCC(=O)NCC(=O)NC(C)C. The summed E-state index contributed by atoms with van der Waals surface area (Å²) in [6.45, 7) is 5.08. The van der Waals surface area contributed by atoms with Gasteiger partial charge in [0.05, 0.1) is 12.1 Å². The molecule has 2 N–H and O–H groups in total. The second kappa shape index (κ2) is 9.89. The van der Waals surface area contributed by atoms with E-state index < -0.39 is 18.5 Å². The summed E-state index contributed by atoms with van der Waals surface area (Å²) in [6, 6.07) is 7.08. The quantitative estimate of drug-likeness (QED) is 0.555. The third kappa shape index (κ3) is 7.19. The zero-order valence-corrected chi connectivity index (χ0v) is 14.4. The van der Waals surface area contributed by atoms with Crippen molar-refractivity contribution in [3.63, 3.8) is 0 Å². The Kier molecular flexibility index (Phi) is 8.18. The normalized spacial score (nSPS) is 10.3. The predicted octanol–water partition coefficient (Wildman–Crippen LogP) is 1.60. The molecule has 126 valence electrons. The van der Waals surface area contributed by atoms with Crippen LogP contribution < -0.4 is 10.6 Å². The van der Waals surface area contributed by atoms with Crippen molar-refractivity contribution in [2.75, 3.05) is 18.9 Å². The zero-order valence-electron chi connectivity index (χ0n) is 13.5. The van der Waals surface area contributed by atoms with Gasteiger partial charge in [-0.25, -0.2) is 4.79 Å². The molecule has 23 heavy (non-hydrogen) atoms. The lowest BCUT2D eigenvalue weighted by atomic mass is 10.2. The van der Waals surface area contributed by atoms with E-state index in [2.05, 4.69) is 10.6 Å². The standard InChI is InChI=1S/C16H22N2O4S/c1-4-23-13-8-6-5-7-12(13)16(21)22-10-15(20)17-9-14(19)18-11(2)3/h5-8,11H,4,9-10H2,1-3H3,(H,17,20)(H,18,19). The lowest BCUT2D eigenvalue weighted by molar-refractivity contribution is -0.128. The minimum Gasteiger partial charge on any atom is -0.452 e. The Bertz CT molecular complexity index is 561. The van der Waals surface area contributed by atoms with Gasteiger partial charge in [-0.1, -0.05) is 19.1 Å². The molecule has 6 nitrogen and oxygen atoms in total. The molecule has 0 saturated carbocycles. The molecule has 0 aliphatic rings. The van der Waals surface area contributed by atoms with Crippen LogP contribution in [0.15, 0.2) is 29.2 Å². The molecule has 0 saturated heterocycles. The predicted molar refractivity (Wildman–Crippen MR) is 89.4 cm³/mol. The maximum Gasteiger partial charge on any atom is 0.339 e. The fraction of sp³-hybridized carbons (Fsp3) is 0.438.